The number of carbonyl (C=O) groups is 1. The third-order valence-electron chi connectivity index (χ3n) is 2.73. The zero-order valence-electron chi connectivity index (χ0n) is 12.0. The molecule has 108 valence electrons. The van der Waals surface area contributed by atoms with E-state index in [4.69, 9.17) is 4.74 Å². The Bertz CT molecular complexity index is 363. The Balaban J connectivity index is 0.00000324. The predicted octanol–water partition coefficient (Wildman–Crippen LogP) is 3.42. The van der Waals surface area contributed by atoms with Gasteiger partial charge in [-0.1, -0.05) is 13.3 Å². The number of ketones is 1. The summed E-state index contributed by atoms with van der Waals surface area (Å²) in [6.07, 6.45) is 2.74. The SMILES string of the molecule is CCCCOc1ccc(C(=O)CCN(C)C)cc1.Cl. The summed E-state index contributed by atoms with van der Waals surface area (Å²) in [4.78, 5) is 13.9. The zero-order valence-corrected chi connectivity index (χ0v) is 12.8. The Morgan fingerprint density at radius 1 is 1.21 bits per heavy atom. The molecule has 0 radical (unpaired) electrons. The zero-order chi connectivity index (χ0) is 13.4. The van der Waals surface area contributed by atoms with E-state index in [1.807, 2.05) is 43.3 Å². The molecule has 0 saturated carbocycles. The van der Waals surface area contributed by atoms with E-state index in [0.717, 1.165) is 37.3 Å². The van der Waals surface area contributed by atoms with Crippen LogP contribution in [0.25, 0.3) is 0 Å². The lowest BCUT2D eigenvalue weighted by Crippen LogP contribution is -2.16. The van der Waals surface area contributed by atoms with Crippen molar-refractivity contribution in [1.29, 1.82) is 0 Å². The summed E-state index contributed by atoms with van der Waals surface area (Å²) in [6.45, 7) is 3.66. The molecule has 0 heterocycles. The van der Waals surface area contributed by atoms with Crippen molar-refractivity contribution < 1.29 is 9.53 Å². The van der Waals surface area contributed by atoms with Gasteiger partial charge >= 0.3 is 0 Å². The van der Waals surface area contributed by atoms with E-state index < -0.39 is 0 Å². The van der Waals surface area contributed by atoms with E-state index >= 15 is 0 Å². The third kappa shape index (κ3) is 7.19. The normalized spacial score (nSPS) is 10.1. The molecule has 1 aromatic carbocycles. The minimum atomic E-state index is 0. The number of Topliss-reactive ketones (excluding diaryl/α,β-unsaturated/α-hetero) is 1. The number of unbranched alkanes of at least 4 members (excludes halogenated alkanes) is 1. The molecule has 0 aliphatic heterocycles. The number of halogens is 1. The van der Waals surface area contributed by atoms with Crippen LogP contribution in [-0.4, -0.2) is 37.9 Å². The number of benzene rings is 1. The van der Waals surface area contributed by atoms with Crippen LogP contribution in [0.1, 0.15) is 36.5 Å². The van der Waals surface area contributed by atoms with Crippen molar-refractivity contribution in [3.63, 3.8) is 0 Å². The van der Waals surface area contributed by atoms with Crippen LogP contribution in [0.4, 0.5) is 0 Å². The fourth-order valence-corrected chi connectivity index (χ4v) is 1.54. The van der Waals surface area contributed by atoms with Crippen LogP contribution >= 0.6 is 12.4 Å². The predicted molar refractivity (Wildman–Crippen MR) is 81.6 cm³/mol. The number of nitrogens with zero attached hydrogens (tertiary/aromatic N) is 1. The molecule has 0 aliphatic rings. The van der Waals surface area contributed by atoms with E-state index in [-0.39, 0.29) is 18.2 Å². The van der Waals surface area contributed by atoms with Crippen molar-refractivity contribution in [2.24, 2.45) is 0 Å². The first-order chi connectivity index (χ1) is 8.63. The van der Waals surface area contributed by atoms with Crippen LogP contribution in [0.15, 0.2) is 24.3 Å². The van der Waals surface area contributed by atoms with Crippen molar-refractivity contribution in [3.05, 3.63) is 29.8 Å². The number of carbonyl (C=O) groups excluding carboxylic acids is 1. The van der Waals surface area contributed by atoms with E-state index in [1.54, 1.807) is 0 Å². The van der Waals surface area contributed by atoms with Gasteiger partial charge in [0.1, 0.15) is 5.75 Å². The largest absolute Gasteiger partial charge is 0.494 e. The molecule has 1 rings (SSSR count). The van der Waals surface area contributed by atoms with Crippen LogP contribution in [0.3, 0.4) is 0 Å². The minimum Gasteiger partial charge on any atom is -0.494 e. The monoisotopic (exact) mass is 285 g/mol. The molecule has 0 atom stereocenters. The Morgan fingerprint density at radius 3 is 2.37 bits per heavy atom. The first kappa shape index (κ1) is 17.9. The van der Waals surface area contributed by atoms with Crippen LogP contribution in [0.5, 0.6) is 5.75 Å². The maximum Gasteiger partial charge on any atom is 0.164 e. The first-order valence-corrected chi connectivity index (χ1v) is 6.54. The van der Waals surface area contributed by atoms with Crippen molar-refractivity contribution in [2.75, 3.05) is 27.2 Å². The van der Waals surface area contributed by atoms with Gasteiger partial charge in [0.25, 0.3) is 0 Å². The van der Waals surface area contributed by atoms with Crippen molar-refractivity contribution in [1.82, 2.24) is 4.90 Å². The number of hydrogen-bond acceptors (Lipinski definition) is 3. The summed E-state index contributed by atoms with van der Waals surface area (Å²) < 4.78 is 5.56. The lowest BCUT2D eigenvalue weighted by atomic mass is 10.1. The van der Waals surface area contributed by atoms with Crippen molar-refractivity contribution >= 4 is 18.2 Å². The topological polar surface area (TPSA) is 29.5 Å². The summed E-state index contributed by atoms with van der Waals surface area (Å²) in [6, 6.07) is 7.44. The molecule has 0 spiro atoms. The first-order valence-electron chi connectivity index (χ1n) is 6.54. The Hall–Kier alpha value is -1.06. The standard InChI is InChI=1S/C15H23NO2.ClH/c1-4-5-12-18-14-8-6-13(7-9-14)15(17)10-11-16(2)3;/h6-9H,4-5,10-12H2,1-3H3;1H. The average Bonchev–Trinajstić information content (AvgIpc) is 2.37. The molecular formula is C15H24ClNO2. The Kier molecular flexibility index (Phi) is 9.27. The summed E-state index contributed by atoms with van der Waals surface area (Å²) in [7, 11) is 3.94. The second kappa shape index (κ2) is 9.82. The summed E-state index contributed by atoms with van der Waals surface area (Å²) >= 11 is 0. The van der Waals surface area contributed by atoms with Gasteiger partial charge in [0.05, 0.1) is 6.61 Å². The fourth-order valence-electron chi connectivity index (χ4n) is 1.54. The molecule has 0 bridgehead atoms. The molecule has 19 heavy (non-hydrogen) atoms. The Morgan fingerprint density at radius 2 is 1.84 bits per heavy atom. The molecule has 0 saturated heterocycles. The quantitative estimate of drug-likeness (QED) is 0.541. The second-order valence-corrected chi connectivity index (χ2v) is 4.70. The molecule has 0 aliphatic carbocycles. The summed E-state index contributed by atoms with van der Waals surface area (Å²) in [5.41, 5.74) is 0.764. The van der Waals surface area contributed by atoms with Crippen LogP contribution in [-0.2, 0) is 0 Å². The third-order valence-corrected chi connectivity index (χ3v) is 2.73. The highest BCUT2D eigenvalue weighted by Crippen LogP contribution is 2.14. The number of hydrogen-bond donors (Lipinski definition) is 0. The van der Waals surface area contributed by atoms with Gasteiger partial charge in [-0.15, -0.1) is 12.4 Å². The highest BCUT2D eigenvalue weighted by molar-refractivity contribution is 5.96. The van der Waals surface area contributed by atoms with Gasteiger partial charge in [-0.3, -0.25) is 4.79 Å². The van der Waals surface area contributed by atoms with E-state index in [0.29, 0.717) is 6.42 Å². The molecule has 0 amide bonds. The molecular weight excluding hydrogens is 262 g/mol. The fraction of sp³-hybridized carbons (Fsp3) is 0.533. The van der Waals surface area contributed by atoms with Crippen LogP contribution in [0, 0.1) is 0 Å². The smallest absolute Gasteiger partial charge is 0.164 e. The van der Waals surface area contributed by atoms with E-state index in [9.17, 15) is 4.79 Å². The van der Waals surface area contributed by atoms with Crippen molar-refractivity contribution in [3.8, 4) is 5.75 Å². The lowest BCUT2D eigenvalue weighted by Gasteiger charge is -2.09. The van der Waals surface area contributed by atoms with Gasteiger partial charge in [0.15, 0.2) is 5.78 Å². The molecule has 3 nitrogen and oxygen atoms in total. The Labute approximate surface area is 122 Å². The van der Waals surface area contributed by atoms with Crippen molar-refractivity contribution in [2.45, 2.75) is 26.2 Å². The second-order valence-electron chi connectivity index (χ2n) is 4.70. The maximum atomic E-state index is 11.9. The van der Waals surface area contributed by atoms with Crippen LogP contribution < -0.4 is 4.74 Å². The highest BCUT2D eigenvalue weighted by Gasteiger charge is 2.06. The van der Waals surface area contributed by atoms with E-state index in [2.05, 4.69) is 6.92 Å². The average molecular weight is 286 g/mol. The van der Waals surface area contributed by atoms with Gasteiger partial charge in [-0.25, -0.2) is 0 Å². The highest BCUT2D eigenvalue weighted by atomic mass is 35.5. The van der Waals surface area contributed by atoms with Gasteiger partial charge in [-0.05, 0) is 44.8 Å². The van der Waals surface area contributed by atoms with E-state index in [1.165, 1.54) is 0 Å². The minimum absolute atomic E-state index is 0. The van der Waals surface area contributed by atoms with Gasteiger partial charge < -0.3 is 9.64 Å². The van der Waals surface area contributed by atoms with Gasteiger partial charge in [0.2, 0.25) is 0 Å². The lowest BCUT2D eigenvalue weighted by molar-refractivity contribution is 0.0972. The molecule has 0 unspecified atom stereocenters. The molecule has 0 fully saturated rings. The number of rotatable bonds is 8. The van der Waals surface area contributed by atoms with Crippen LogP contribution in [0.2, 0.25) is 0 Å². The van der Waals surface area contributed by atoms with Gasteiger partial charge in [0, 0.05) is 18.5 Å². The molecule has 4 heteroatoms. The number of ether oxygens (including phenoxy) is 1. The molecule has 1 aromatic rings. The molecule has 0 aromatic heterocycles. The summed E-state index contributed by atoms with van der Waals surface area (Å²) in [5.74, 6) is 1.02. The van der Waals surface area contributed by atoms with Gasteiger partial charge in [-0.2, -0.15) is 0 Å². The molecule has 0 N–H and O–H groups in total. The maximum absolute atomic E-state index is 11.9. The summed E-state index contributed by atoms with van der Waals surface area (Å²) in [5, 5.41) is 0.